The molecule has 1 saturated carbocycles. The number of halogens is 3. The largest absolute Gasteiger partial charge is 0.401 e. The average Bonchev–Trinajstić information content (AvgIpc) is 1.98. The molecule has 0 saturated heterocycles. The molecule has 0 atom stereocenters. The third-order valence-corrected chi connectivity index (χ3v) is 2.51. The Bertz CT molecular complexity index is 236. The summed E-state index contributed by atoms with van der Waals surface area (Å²) in [5.41, 5.74) is -0.197. The van der Waals surface area contributed by atoms with E-state index in [9.17, 15) is 18.0 Å². The maximum Gasteiger partial charge on any atom is 0.401 e. The van der Waals surface area contributed by atoms with Crippen LogP contribution < -0.4 is 10.6 Å². The van der Waals surface area contributed by atoms with E-state index in [0.29, 0.717) is 0 Å². The Balaban J connectivity index is 2.14. The molecular weight excluding hydrogens is 209 g/mol. The molecule has 0 spiro atoms. The van der Waals surface area contributed by atoms with Crippen molar-refractivity contribution in [3.05, 3.63) is 0 Å². The van der Waals surface area contributed by atoms with Crippen LogP contribution >= 0.6 is 0 Å². The van der Waals surface area contributed by atoms with Gasteiger partial charge in [0.2, 0.25) is 5.91 Å². The lowest BCUT2D eigenvalue weighted by Crippen LogP contribution is -2.53. The van der Waals surface area contributed by atoms with Gasteiger partial charge in [0, 0.05) is 5.54 Å². The van der Waals surface area contributed by atoms with E-state index in [2.05, 4.69) is 10.6 Å². The second kappa shape index (κ2) is 4.38. The Morgan fingerprint density at radius 2 is 2.00 bits per heavy atom. The van der Waals surface area contributed by atoms with Crippen molar-refractivity contribution in [1.82, 2.24) is 10.6 Å². The van der Waals surface area contributed by atoms with Gasteiger partial charge in [-0.15, -0.1) is 0 Å². The zero-order valence-electron chi connectivity index (χ0n) is 8.58. The molecule has 1 amide bonds. The highest BCUT2D eigenvalue weighted by molar-refractivity contribution is 5.78. The van der Waals surface area contributed by atoms with Crippen LogP contribution in [0, 0.1) is 0 Å². The number of amides is 1. The third-order valence-electron chi connectivity index (χ3n) is 2.51. The van der Waals surface area contributed by atoms with E-state index >= 15 is 0 Å². The molecule has 0 heterocycles. The summed E-state index contributed by atoms with van der Waals surface area (Å²) in [6, 6.07) is 0. The summed E-state index contributed by atoms with van der Waals surface area (Å²) in [5.74, 6) is -0.374. The van der Waals surface area contributed by atoms with Crippen molar-refractivity contribution in [2.75, 3.05) is 13.1 Å². The number of hydrogen-bond donors (Lipinski definition) is 2. The van der Waals surface area contributed by atoms with E-state index < -0.39 is 12.7 Å². The fraction of sp³-hybridized carbons (Fsp3) is 0.889. The molecule has 3 nitrogen and oxygen atoms in total. The van der Waals surface area contributed by atoms with Crippen LogP contribution in [0.5, 0.6) is 0 Å². The van der Waals surface area contributed by atoms with Crippen LogP contribution in [0.1, 0.15) is 26.2 Å². The zero-order valence-corrected chi connectivity index (χ0v) is 8.58. The Labute approximate surface area is 86.4 Å². The smallest absolute Gasteiger partial charge is 0.350 e. The van der Waals surface area contributed by atoms with Gasteiger partial charge in [-0.25, -0.2) is 0 Å². The zero-order chi connectivity index (χ0) is 11.5. The van der Waals surface area contributed by atoms with Crippen LogP contribution in [-0.2, 0) is 4.79 Å². The van der Waals surface area contributed by atoms with Crippen LogP contribution in [0.4, 0.5) is 13.2 Å². The number of carbonyl (C=O) groups excluding carboxylic acids is 1. The Morgan fingerprint density at radius 3 is 2.40 bits per heavy atom. The predicted molar refractivity (Wildman–Crippen MR) is 49.3 cm³/mol. The van der Waals surface area contributed by atoms with Crippen LogP contribution in [-0.4, -0.2) is 30.7 Å². The summed E-state index contributed by atoms with van der Waals surface area (Å²) in [6.45, 7) is 0.490. The monoisotopic (exact) mass is 224 g/mol. The summed E-state index contributed by atoms with van der Waals surface area (Å²) in [5, 5.41) is 4.77. The first-order valence-electron chi connectivity index (χ1n) is 4.89. The summed E-state index contributed by atoms with van der Waals surface area (Å²) in [4.78, 5) is 11.2. The van der Waals surface area contributed by atoms with Gasteiger partial charge < -0.3 is 10.6 Å². The second-order valence-electron chi connectivity index (χ2n) is 4.18. The van der Waals surface area contributed by atoms with Gasteiger partial charge in [-0.2, -0.15) is 13.2 Å². The van der Waals surface area contributed by atoms with Crippen LogP contribution in [0.2, 0.25) is 0 Å². The van der Waals surface area contributed by atoms with Crippen molar-refractivity contribution in [3.63, 3.8) is 0 Å². The van der Waals surface area contributed by atoms with Gasteiger partial charge in [0.15, 0.2) is 0 Å². The lowest BCUT2D eigenvalue weighted by Gasteiger charge is -2.39. The number of hydrogen-bond acceptors (Lipinski definition) is 2. The van der Waals surface area contributed by atoms with Crippen molar-refractivity contribution in [3.8, 4) is 0 Å². The number of carbonyl (C=O) groups is 1. The van der Waals surface area contributed by atoms with Crippen molar-refractivity contribution in [2.24, 2.45) is 0 Å². The number of nitrogens with one attached hydrogen (secondary N) is 2. The van der Waals surface area contributed by atoms with Crippen molar-refractivity contribution in [2.45, 2.75) is 37.9 Å². The third kappa shape index (κ3) is 4.51. The molecule has 88 valence electrons. The molecule has 6 heteroatoms. The quantitative estimate of drug-likeness (QED) is 0.753. The van der Waals surface area contributed by atoms with E-state index in [1.165, 1.54) is 0 Å². The van der Waals surface area contributed by atoms with E-state index in [1.807, 2.05) is 6.92 Å². The molecule has 0 bridgehead atoms. The van der Waals surface area contributed by atoms with E-state index in [4.69, 9.17) is 0 Å². The Kier molecular flexibility index (Phi) is 3.59. The van der Waals surface area contributed by atoms with E-state index in [1.54, 1.807) is 0 Å². The molecular formula is C9H15F3N2O. The molecule has 1 aliphatic carbocycles. The lowest BCUT2D eigenvalue weighted by molar-refractivity contribution is -0.129. The molecule has 2 N–H and O–H groups in total. The highest BCUT2D eigenvalue weighted by Gasteiger charge is 2.33. The lowest BCUT2D eigenvalue weighted by atomic mass is 9.78. The van der Waals surface area contributed by atoms with E-state index in [-0.39, 0.29) is 18.0 Å². The van der Waals surface area contributed by atoms with Gasteiger partial charge in [-0.05, 0) is 26.2 Å². The van der Waals surface area contributed by atoms with Crippen molar-refractivity contribution in [1.29, 1.82) is 0 Å². The first kappa shape index (κ1) is 12.3. The Hall–Kier alpha value is -0.780. The maximum absolute atomic E-state index is 11.7. The minimum absolute atomic E-state index is 0.197. The second-order valence-corrected chi connectivity index (χ2v) is 4.18. The van der Waals surface area contributed by atoms with Crippen LogP contribution in [0.15, 0.2) is 0 Å². The molecule has 1 aliphatic rings. The summed E-state index contributed by atoms with van der Waals surface area (Å²) in [6.07, 6.45) is -1.40. The normalized spacial score (nSPS) is 19.5. The van der Waals surface area contributed by atoms with Gasteiger partial charge in [-0.1, -0.05) is 0 Å². The van der Waals surface area contributed by atoms with Crippen molar-refractivity contribution >= 4 is 5.91 Å². The molecule has 0 unspecified atom stereocenters. The standard InChI is InChI=1S/C9H15F3N2O/c1-8(3-2-4-8)14-7(15)5-13-6-9(10,11)12/h13H,2-6H2,1H3,(H,14,15). The molecule has 1 fully saturated rings. The van der Waals surface area contributed by atoms with Crippen molar-refractivity contribution < 1.29 is 18.0 Å². The van der Waals surface area contributed by atoms with E-state index in [0.717, 1.165) is 19.3 Å². The fourth-order valence-electron chi connectivity index (χ4n) is 1.53. The molecule has 15 heavy (non-hydrogen) atoms. The van der Waals surface area contributed by atoms with Gasteiger partial charge in [-0.3, -0.25) is 4.79 Å². The number of alkyl halides is 3. The maximum atomic E-state index is 11.7. The summed E-state index contributed by atoms with van der Waals surface area (Å²) >= 11 is 0. The minimum atomic E-state index is -4.26. The molecule has 0 aliphatic heterocycles. The highest BCUT2D eigenvalue weighted by Crippen LogP contribution is 2.30. The highest BCUT2D eigenvalue weighted by atomic mass is 19.4. The summed E-state index contributed by atoms with van der Waals surface area (Å²) in [7, 11) is 0. The fourth-order valence-corrected chi connectivity index (χ4v) is 1.53. The minimum Gasteiger partial charge on any atom is -0.350 e. The van der Waals surface area contributed by atoms with Gasteiger partial charge in [0.1, 0.15) is 0 Å². The number of rotatable bonds is 4. The Morgan fingerprint density at radius 1 is 1.40 bits per heavy atom. The molecule has 1 rings (SSSR count). The predicted octanol–water partition coefficient (Wildman–Crippen LogP) is 1.20. The first-order valence-corrected chi connectivity index (χ1v) is 4.89. The SMILES string of the molecule is CC1(NC(=O)CNCC(F)(F)F)CCC1. The molecule has 0 aromatic carbocycles. The van der Waals surface area contributed by atoms with Gasteiger partial charge in [0.05, 0.1) is 13.1 Å². The summed E-state index contributed by atoms with van der Waals surface area (Å²) < 4.78 is 35.2. The first-order chi connectivity index (χ1) is 6.81. The average molecular weight is 224 g/mol. The molecule has 0 radical (unpaired) electrons. The van der Waals surface area contributed by atoms with Gasteiger partial charge in [0.25, 0.3) is 0 Å². The van der Waals surface area contributed by atoms with Crippen LogP contribution in [0.25, 0.3) is 0 Å². The van der Waals surface area contributed by atoms with Crippen LogP contribution in [0.3, 0.4) is 0 Å². The molecule has 0 aromatic rings. The molecule has 0 aromatic heterocycles. The topological polar surface area (TPSA) is 41.1 Å². The van der Waals surface area contributed by atoms with Gasteiger partial charge >= 0.3 is 6.18 Å².